The molecular formula is C13H19Cl2NO. The first-order valence-corrected chi connectivity index (χ1v) is 6.61. The van der Waals surface area contributed by atoms with E-state index in [9.17, 15) is 0 Å². The number of ether oxygens (including phenoxy) is 1. The average molecular weight is 276 g/mol. The second-order valence-electron chi connectivity index (χ2n) is 4.45. The third-order valence-corrected chi connectivity index (χ3v) is 2.94. The Morgan fingerprint density at radius 2 is 2.00 bits per heavy atom. The third kappa shape index (κ3) is 4.74. The molecule has 0 aromatic heterocycles. The molecule has 0 heterocycles. The van der Waals surface area contributed by atoms with E-state index in [1.165, 1.54) is 0 Å². The van der Waals surface area contributed by atoms with Crippen LogP contribution >= 0.6 is 23.2 Å². The summed E-state index contributed by atoms with van der Waals surface area (Å²) in [7, 11) is 0. The number of halogens is 2. The van der Waals surface area contributed by atoms with Gasteiger partial charge in [0.05, 0.1) is 11.6 Å². The molecule has 1 aromatic carbocycles. The van der Waals surface area contributed by atoms with Crippen molar-refractivity contribution in [3.8, 4) is 5.75 Å². The van der Waals surface area contributed by atoms with Gasteiger partial charge in [0, 0.05) is 5.02 Å². The maximum atomic E-state index is 6.14. The molecular weight excluding hydrogens is 257 g/mol. The first-order valence-electron chi connectivity index (χ1n) is 5.85. The summed E-state index contributed by atoms with van der Waals surface area (Å²) in [5.41, 5.74) is 6.55. The molecule has 0 aliphatic rings. The molecule has 0 aliphatic carbocycles. The van der Waals surface area contributed by atoms with Crippen LogP contribution in [0.2, 0.25) is 10.0 Å². The molecule has 0 bridgehead atoms. The van der Waals surface area contributed by atoms with E-state index in [2.05, 4.69) is 13.8 Å². The van der Waals surface area contributed by atoms with E-state index in [0.717, 1.165) is 24.2 Å². The normalized spacial score (nSPS) is 10.9. The monoisotopic (exact) mass is 275 g/mol. The predicted molar refractivity (Wildman–Crippen MR) is 74.2 cm³/mol. The highest BCUT2D eigenvalue weighted by Crippen LogP contribution is 2.32. The Morgan fingerprint density at radius 3 is 2.59 bits per heavy atom. The SMILES string of the molecule is CC(C)CCOc1c(Cl)cc(Cl)cc1CCN. The minimum Gasteiger partial charge on any atom is -0.492 e. The van der Waals surface area contributed by atoms with E-state index in [4.69, 9.17) is 33.7 Å². The van der Waals surface area contributed by atoms with Crippen molar-refractivity contribution in [3.05, 3.63) is 27.7 Å². The quantitative estimate of drug-likeness (QED) is 0.854. The van der Waals surface area contributed by atoms with Crippen LogP contribution in [-0.2, 0) is 6.42 Å². The molecule has 1 rings (SSSR count). The lowest BCUT2D eigenvalue weighted by molar-refractivity contribution is 0.287. The zero-order chi connectivity index (χ0) is 12.8. The lowest BCUT2D eigenvalue weighted by Crippen LogP contribution is -2.07. The van der Waals surface area contributed by atoms with Crippen LogP contribution in [0.3, 0.4) is 0 Å². The minimum absolute atomic E-state index is 0.553. The number of benzene rings is 1. The standard InChI is InChI=1S/C13H19Cl2NO/c1-9(2)4-6-17-13-10(3-5-16)7-11(14)8-12(13)15/h7-9H,3-6,16H2,1-2H3. The molecule has 0 atom stereocenters. The summed E-state index contributed by atoms with van der Waals surface area (Å²) in [6.45, 7) is 5.54. The molecule has 0 spiro atoms. The van der Waals surface area contributed by atoms with Crippen molar-refractivity contribution in [3.63, 3.8) is 0 Å². The van der Waals surface area contributed by atoms with Crippen molar-refractivity contribution < 1.29 is 4.74 Å². The van der Waals surface area contributed by atoms with E-state index in [1.54, 1.807) is 6.07 Å². The van der Waals surface area contributed by atoms with Gasteiger partial charge in [0.2, 0.25) is 0 Å². The maximum absolute atomic E-state index is 6.14. The molecule has 0 fully saturated rings. The van der Waals surface area contributed by atoms with E-state index in [-0.39, 0.29) is 0 Å². The smallest absolute Gasteiger partial charge is 0.141 e. The van der Waals surface area contributed by atoms with Gasteiger partial charge in [-0.15, -0.1) is 0 Å². The van der Waals surface area contributed by atoms with Gasteiger partial charge in [0.25, 0.3) is 0 Å². The number of hydrogen-bond acceptors (Lipinski definition) is 2. The van der Waals surface area contributed by atoms with Crippen LogP contribution in [0.1, 0.15) is 25.8 Å². The summed E-state index contributed by atoms with van der Waals surface area (Å²) in [6.07, 6.45) is 1.72. The van der Waals surface area contributed by atoms with Gasteiger partial charge in [-0.2, -0.15) is 0 Å². The third-order valence-electron chi connectivity index (χ3n) is 2.44. The molecule has 0 unspecified atom stereocenters. The fourth-order valence-corrected chi connectivity index (χ4v) is 2.10. The van der Waals surface area contributed by atoms with Crippen molar-refractivity contribution in [1.82, 2.24) is 0 Å². The molecule has 2 N–H and O–H groups in total. The minimum atomic E-state index is 0.553. The Bertz CT molecular complexity index is 367. The van der Waals surface area contributed by atoms with Gasteiger partial charge in [-0.1, -0.05) is 37.0 Å². The van der Waals surface area contributed by atoms with Crippen LogP contribution in [0.4, 0.5) is 0 Å². The molecule has 0 aliphatic heterocycles. The average Bonchev–Trinajstić information content (AvgIpc) is 2.21. The van der Waals surface area contributed by atoms with Gasteiger partial charge in [0.15, 0.2) is 0 Å². The first-order chi connectivity index (χ1) is 8.04. The lowest BCUT2D eigenvalue weighted by Gasteiger charge is -2.14. The van der Waals surface area contributed by atoms with E-state index in [1.807, 2.05) is 6.07 Å². The van der Waals surface area contributed by atoms with Crippen LogP contribution in [-0.4, -0.2) is 13.2 Å². The second-order valence-corrected chi connectivity index (χ2v) is 5.29. The van der Waals surface area contributed by atoms with Gasteiger partial charge < -0.3 is 10.5 Å². The molecule has 1 aromatic rings. The summed E-state index contributed by atoms with van der Waals surface area (Å²) in [6, 6.07) is 3.57. The Kier molecular flexibility index (Phi) is 6.10. The van der Waals surface area contributed by atoms with Gasteiger partial charge in [-0.05, 0) is 43.0 Å². The molecule has 0 saturated heterocycles. The highest BCUT2D eigenvalue weighted by atomic mass is 35.5. The van der Waals surface area contributed by atoms with Crippen molar-refractivity contribution in [2.75, 3.05) is 13.2 Å². The van der Waals surface area contributed by atoms with E-state index >= 15 is 0 Å². The zero-order valence-electron chi connectivity index (χ0n) is 10.3. The Balaban J connectivity index is 2.80. The second kappa shape index (κ2) is 7.10. The summed E-state index contributed by atoms with van der Waals surface area (Å²) in [4.78, 5) is 0. The largest absolute Gasteiger partial charge is 0.492 e. The summed E-state index contributed by atoms with van der Waals surface area (Å²) in [5, 5.41) is 1.18. The van der Waals surface area contributed by atoms with E-state index in [0.29, 0.717) is 29.1 Å². The van der Waals surface area contributed by atoms with Gasteiger partial charge in [0.1, 0.15) is 5.75 Å². The predicted octanol–water partition coefficient (Wildman–Crippen LogP) is 3.92. The molecule has 2 nitrogen and oxygen atoms in total. The van der Waals surface area contributed by atoms with Gasteiger partial charge in [-0.25, -0.2) is 0 Å². The highest BCUT2D eigenvalue weighted by Gasteiger charge is 2.10. The molecule has 4 heteroatoms. The molecule has 0 saturated carbocycles. The lowest BCUT2D eigenvalue weighted by atomic mass is 10.1. The van der Waals surface area contributed by atoms with Crippen LogP contribution in [0, 0.1) is 5.92 Å². The number of hydrogen-bond donors (Lipinski definition) is 1. The van der Waals surface area contributed by atoms with Crippen molar-refractivity contribution in [2.24, 2.45) is 11.7 Å². The topological polar surface area (TPSA) is 35.2 Å². The van der Waals surface area contributed by atoms with Crippen LogP contribution in [0.25, 0.3) is 0 Å². The van der Waals surface area contributed by atoms with Crippen molar-refractivity contribution >= 4 is 23.2 Å². The van der Waals surface area contributed by atoms with Crippen molar-refractivity contribution in [2.45, 2.75) is 26.7 Å². The Hall–Kier alpha value is -0.440. The molecule has 0 amide bonds. The van der Waals surface area contributed by atoms with Crippen molar-refractivity contribution in [1.29, 1.82) is 0 Å². The maximum Gasteiger partial charge on any atom is 0.141 e. The summed E-state index contributed by atoms with van der Waals surface area (Å²) >= 11 is 12.1. The molecule has 17 heavy (non-hydrogen) atoms. The Labute approximate surface area is 113 Å². The first kappa shape index (κ1) is 14.6. The Morgan fingerprint density at radius 1 is 1.29 bits per heavy atom. The number of rotatable bonds is 6. The van der Waals surface area contributed by atoms with E-state index < -0.39 is 0 Å². The summed E-state index contributed by atoms with van der Waals surface area (Å²) in [5.74, 6) is 1.33. The van der Waals surface area contributed by atoms with Gasteiger partial charge in [-0.3, -0.25) is 0 Å². The highest BCUT2D eigenvalue weighted by molar-refractivity contribution is 6.35. The molecule has 0 radical (unpaired) electrons. The fourth-order valence-electron chi connectivity index (χ4n) is 1.51. The number of nitrogens with two attached hydrogens (primary N) is 1. The van der Waals surface area contributed by atoms with Gasteiger partial charge >= 0.3 is 0 Å². The fraction of sp³-hybridized carbons (Fsp3) is 0.538. The zero-order valence-corrected chi connectivity index (χ0v) is 11.8. The van der Waals surface area contributed by atoms with Crippen LogP contribution in [0.5, 0.6) is 5.75 Å². The summed E-state index contributed by atoms with van der Waals surface area (Å²) < 4.78 is 5.74. The van der Waals surface area contributed by atoms with Crippen LogP contribution < -0.4 is 10.5 Å². The molecule has 96 valence electrons. The van der Waals surface area contributed by atoms with Crippen LogP contribution in [0.15, 0.2) is 12.1 Å².